The molecule has 1 aliphatic carbocycles. The molecule has 2 rings (SSSR count). The predicted octanol–water partition coefficient (Wildman–Crippen LogP) is 1.39. The topological polar surface area (TPSA) is 41.9 Å². The van der Waals surface area contributed by atoms with E-state index in [0.29, 0.717) is 12.5 Å². The normalized spacial score (nSPS) is 29.4. The number of hydrogen-bond acceptors (Lipinski definition) is 3. The fourth-order valence-corrected chi connectivity index (χ4v) is 1.73. The van der Waals surface area contributed by atoms with Gasteiger partial charge >= 0.3 is 6.09 Å². The Kier molecular flexibility index (Phi) is 1.83. The van der Waals surface area contributed by atoms with Gasteiger partial charge in [-0.1, -0.05) is 11.6 Å². The smallest absolute Gasteiger partial charge is 0.430 e. The lowest BCUT2D eigenvalue weighted by Crippen LogP contribution is -2.42. The summed E-state index contributed by atoms with van der Waals surface area (Å²) in [6, 6.07) is 0.124. The summed E-state index contributed by atoms with van der Waals surface area (Å²) in [5.74, 6) is 0.310. The molecule has 4 heteroatoms. The van der Waals surface area contributed by atoms with Crippen LogP contribution in [0.25, 0.3) is 0 Å². The van der Waals surface area contributed by atoms with Crippen LogP contribution >= 0.6 is 0 Å². The first kappa shape index (κ1) is 8.29. The maximum Gasteiger partial charge on any atom is 0.430 e. The van der Waals surface area contributed by atoms with Crippen molar-refractivity contribution in [1.82, 2.24) is 5.01 Å². The summed E-state index contributed by atoms with van der Waals surface area (Å²) in [6.45, 7) is 4.19. The van der Waals surface area contributed by atoms with Crippen molar-refractivity contribution in [2.45, 2.75) is 19.9 Å². The summed E-state index contributed by atoms with van der Waals surface area (Å²) in [4.78, 5) is 11.3. The van der Waals surface area contributed by atoms with Gasteiger partial charge in [0.1, 0.15) is 0 Å². The van der Waals surface area contributed by atoms with Gasteiger partial charge in [-0.3, -0.25) is 0 Å². The monoisotopic (exact) mass is 180 g/mol. The Bertz CT molecular complexity index is 296. The lowest BCUT2D eigenvalue weighted by molar-refractivity contribution is 0.0969. The highest BCUT2D eigenvalue weighted by Crippen LogP contribution is 2.34. The molecule has 0 spiro atoms. The lowest BCUT2D eigenvalue weighted by Gasteiger charge is -2.31. The summed E-state index contributed by atoms with van der Waals surface area (Å²) in [7, 11) is 0. The Morgan fingerprint density at radius 3 is 3.15 bits per heavy atom. The minimum Gasteiger partial charge on any atom is -0.448 e. The van der Waals surface area contributed by atoms with Crippen LogP contribution in [0.3, 0.4) is 0 Å². The molecule has 0 aromatic heterocycles. The van der Waals surface area contributed by atoms with E-state index in [1.165, 1.54) is 10.6 Å². The number of amides is 1. The molecule has 1 heterocycles. The molecular formula is C9H12N2O2. The quantitative estimate of drug-likeness (QED) is 0.572. The van der Waals surface area contributed by atoms with Crippen molar-refractivity contribution in [2.24, 2.45) is 11.0 Å². The minimum absolute atomic E-state index is 0.124. The van der Waals surface area contributed by atoms with Crippen LogP contribution in [0.5, 0.6) is 0 Å². The van der Waals surface area contributed by atoms with Gasteiger partial charge in [0.05, 0.1) is 12.6 Å². The summed E-state index contributed by atoms with van der Waals surface area (Å²) in [6.07, 6.45) is 3.54. The molecule has 2 unspecified atom stereocenters. The van der Waals surface area contributed by atoms with Gasteiger partial charge in [0.15, 0.2) is 0 Å². The van der Waals surface area contributed by atoms with E-state index in [9.17, 15) is 4.79 Å². The molecule has 2 aliphatic rings. The lowest BCUT2D eigenvalue weighted by atomic mass is 9.83. The largest absolute Gasteiger partial charge is 0.448 e. The van der Waals surface area contributed by atoms with Gasteiger partial charge in [-0.15, -0.1) is 0 Å². The van der Waals surface area contributed by atoms with Gasteiger partial charge in [0.25, 0.3) is 0 Å². The second kappa shape index (κ2) is 2.87. The molecule has 0 saturated heterocycles. The van der Waals surface area contributed by atoms with Crippen molar-refractivity contribution in [1.29, 1.82) is 0 Å². The first-order valence-corrected chi connectivity index (χ1v) is 4.42. The number of fused-ring (bicyclic) bond motifs is 1. The molecule has 0 aromatic carbocycles. The van der Waals surface area contributed by atoms with Crippen LogP contribution in [0, 0.1) is 5.92 Å². The van der Waals surface area contributed by atoms with E-state index < -0.39 is 0 Å². The second-order valence-electron chi connectivity index (χ2n) is 3.24. The number of carbonyl (C=O) groups excluding carboxylic acids is 1. The molecule has 1 aliphatic heterocycles. The van der Waals surface area contributed by atoms with E-state index in [1.807, 2.05) is 6.92 Å². The van der Waals surface area contributed by atoms with Crippen molar-refractivity contribution in [3.05, 3.63) is 11.6 Å². The molecule has 0 radical (unpaired) electrons. The molecule has 13 heavy (non-hydrogen) atoms. The molecule has 1 amide bonds. The van der Waals surface area contributed by atoms with Gasteiger partial charge < -0.3 is 4.74 Å². The number of nitrogens with zero attached hydrogens (tertiary/aromatic N) is 2. The van der Waals surface area contributed by atoms with Gasteiger partial charge in [-0.25, -0.2) is 4.79 Å². The van der Waals surface area contributed by atoms with Gasteiger partial charge in [-0.05, 0) is 13.8 Å². The third-order valence-electron chi connectivity index (χ3n) is 2.37. The Labute approximate surface area is 76.9 Å². The molecule has 70 valence electrons. The predicted molar refractivity (Wildman–Crippen MR) is 48.4 cm³/mol. The standard InChI is InChI=1S/C9H12N2O2/c1-3-13-9(12)11-8-6(2)4-7(8)5-10-11/h4-5,7-8H,3H2,1-2H3. The third kappa shape index (κ3) is 1.13. The van der Waals surface area contributed by atoms with Gasteiger partial charge in [0.2, 0.25) is 0 Å². The molecule has 0 fully saturated rings. The fraction of sp³-hybridized carbons (Fsp3) is 0.556. The summed E-state index contributed by atoms with van der Waals surface area (Å²) in [5.41, 5.74) is 1.19. The van der Waals surface area contributed by atoms with E-state index in [-0.39, 0.29) is 12.1 Å². The highest BCUT2D eigenvalue weighted by Gasteiger charge is 2.41. The summed E-state index contributed by atoms with van der Waals surface area (Å²) >= 11 is 0. The average Bonchev–Trinajstić information content (AvgIpc) is 2.42. The van der Waals surface area contributed by atoms with Gasteiger partial charge in [-0.2, -0.15) is 10.1 Å². The van der Waals surface area contributed by atoms with Crippen LogP contribution in [-0.4, -0.2) is 30.0 Å². The van der Waals surface area contributed by atoms with Crippen LogP contribution in [-0.2, 0) is 4.74 Å². The van der Waals surface area contributed by atoms with E-state index >= 15 is 0 Å². The maximum atomic E-state index is 11.3. The Morgan fingerprint density at radius 1 is 1.77 bits per heavy atom. The van der Waals surface area contributed by atoms with Crippen LogP contribution in [0.4, 0.5) is 4.79 Å². The van der Waals surface area contributed by atoms with E-state index in [4.69, 9.17) is 4.74 Å². The highest BCUT2D eigenvalue weighted by atomic mass is 16.6. The zero-order valence-corrected chi connectivity index (χ0v) is 7.73. The van der Waals surface area contributed by atoms with Crippen LogP contribution in [0.15, 0.2) is 16.8 Å². The van der Waals surface area contributed by atoms with Crippen molar-refractivity contribution >= 4 is 12.3 Å². The summed E-state index contributed by atoms with van der Waals surface area (Å²) < 4.78 is 4.87. The zero-order chi connectivity index (χ0) is 9.42. The van der Waals surface area contributed by atoms with E-state index in [0.717, 1.165) is 0 Å². The van der Waals surface area contributed by atoms with Crippen molar-refractivity contribution in [3.8, 4) is 0 Å². The molecule has 0 aromatic rings. The number of hydrogen-bond donors (Lipinski definition) is 0. The maximum absolute atomic E-state index is 11.3. The number of rotatable bonds is 1. The molecule has 0 N–H and O–H groups in total. The van der Waals surface area contributed by atoms with Crippen molar-refractivity contribution in [2.75, 3.05) is 6.61 Å². The molecular weight excluding hydrogens is 168 g/mol. The van der Waals surface area contributed by atoms with E-state index in [2.05, 4.69) is 11.2 Å². The first-order valence-electron chi connectivity index (χ1n) is 4.42. The molecule has 0 saturated carbocycles. The minimum atomic E-state index is -0.348. The Morgan fingerprint density at radius 2 is 2.54 bits per heavy atom. The zero-order valence-electron chi connectivity index (χ0n) is 7.73. The first-order chi connectivity index (χ1) is 6.24. The van der Waals surface area contributed by atoms with Crippen LogP contribution in [0.1, 0.15) is 13.8 Å². The second-order valence-corrected chi connectivity index (χ2v) is 3.24. The SMILES string of the molecule is CCOC(=O)N1N=CC2C=C(C)C21. The highest BCUT2D eigenvalue weighted by molar-refractivity contribution is 5.79. The Balaban J connectivity index is 2.06. The van der Waals surface area contributed by atoms with Gasteiger partial charge in [0, 0.05) is 12.1 Å². The number of carbonyl (C=O) groups is 1. The molecule has 4 nitrogen and oxygen atoms in total. The van der Waals surface area contributed by atoms with E-state index in [1.54, 1.807) is 13.1 Å². The van der Waals surface area contributed by atoms with Crippen LogP contribution < -0.4 is 0 Å². The Hall–Kier alpha value is -1.32. The number of hydrazone groups is 1. The average molecular weight is 180 g/mol. The summed E-state index contributed by atoms with van der Waals surface area (Å²) in [5, 5.41) is 5.43. The molecule has 2 atom stereocenters. The fourth-order valence-electron chi connectivity index (χ4n) is 1.73. The van der Waals surface area contributed by atoms with Crippen molar-refractivity contribution < 1.29 is 9.53 Å². The number of ether oxygens (including phenoxy) is 1. The van der Waals surface area contributed by atoms with Crippen molar-refractivity contribution in [3.63, 3.8) is 0 Å². The van der Waals surface area contributed by atoms with Crippen LogP contribution in [0.2, 0.25) is 0 Å². The molecule has 0 bridgehead atoms. The third-order valence-corrected chi connectivity index (χ3v) is 2.37.